The SMILES string of the molecule is Cc1cnc(N2CCC(CC3COC(c4cc(F)c(C(=O)NC(C)(C)CO)c(F)c4)OC3)CC2)nc1. The lowest BCUT2D eigenvalue weighted by Gasteiger charge is -2.35. The molecule has 196 valence electrons. The highest BCUT2D eigenvalue weighted by atomic mass is 19.1. The van der Waals surface area contributed by atoms with Crippen LogP contribution in [0.5, 0.6) is 0 Å². The van der Waals surface area contributed by atoms with Gasteiger partial charge in [0.2, 0.25) is 5.95 Å². The molecule has 2 aromatic rings. The van der Waals surface area contributed by atoms with Crippen molar-refractivity contribution < 1.29 is 28.2 Å². The van der Waals surface area contributed by atoms with E-state index in [-0.39, 0.29) is 18.1 Å². The zero-order valence-corrected chi connectivity index (χ0v) is 21.0. The quantitative estimate of drug-likeness (QED) is 0.596. The summed E-state index contributed by atoms with van der Waals surface area (Å²) in [6.45, 7) is 7.37. The van der Waals surface area contributed by atoms with Crippen molar-refractivity contribution in [2.24, 2.45) is 11.8 Å². The minimum absolute atomic E-state index is 0.188. The number of benzene rings is 1. The number of rotatable bonds is 7. The van der Waals surface area contributed by atoms with E-state index in [0.29, 0.717) is 19.1 Å². The molecule has 3 heterocycles. The van der Waals surface area contributed by atoms with Crippen LogP contribution < -0.4 is 10.2 Å². The van der Waals surface area contributed by atoms with E-state index < -0.39 is 34.9 Å². The number of halogens is 2. The first-order valence-electron chi connectivity index (χ1n) is 12.3. The van der Waals surface area contributed by atoms with Crippen molar-refractivity contribution in [2.75, 3.05) is 37.8 Å². The first-order chi connectivity index (χ1) is 17.1. The summed E-state index contributed by atoms with van der Waals surface area (Å²) in [5.74, 6) is -1.43. The van der Waals surface area contributed by atoms with Crippen molar-refractivity contribution in [1.82, 2.24) is 15.3 Å². The molecular formula is C26H34F2N4O4. The average molecular weight is 505 g/mol. The largest absolute Gasteiger partial charge is 0.394 e. The summed E-state index contributed by atoms with van der Waals surface area (Å²) in [5, 5.41) is 11.7. The van der Waals surface area contributed by atoms with E-state index in [9.17, 15) is 18.7 Å². The molecule has 8 nitrogen and oxygen atoms in total. The summed E-state index contributed by atoms with van der Waals surface area (Å²) in [4.78, 5) is 23.4. The predicted octanol–water partition coefficient (Wildman–Crippen LogP) is 3.53. The normalized spacial score (nSPS) is 21.4. The molecule has 2 N–H and O–H groups in total. The Morgan fingerprint density at radius 1 is 1.11 bits per heavy atom. The Balaban J connectivity index is 1.28. The van der Waals surface area contributed by atoms with Crippen molar-refractivity contribution in [3.63, 3.8) is 0 Å². The summed E-state index contributed by atoms with van der Waals surface area (Å²) in [7, 11) is 0. The third-order valence-corrected chi connectivity index (χ3v) is 6.71. The topological polar surface area (TPSA) is 96.8 Å². The Bertz CT molecular complexity index is 1030. The molecule has 2 aliphatic heterocycles. The highest BCUT2D eigenvalue weighted by molar-refractivity contribution is 5.95. The lowest BCUT2D eigenvalue weighted by molar-refractivity contribution is -0.207. The first-order valence-corrected chi connectivity index (χ1v) is 12.3. The second-order valence-corrected chi connectivity index (χ2v) is 10.4. The molecule has 0 bridgehead atoms. The molecule has 1 aromatic carbocycles. The van der Waals surface area contributed by atoms with Gasteiger partial charge in [-0.2, -0.15) is 0 Å². The summed E-state index contributed by atoms with van der Waals surface area (Å²) >= 11 is 0. The lowest BCUT2D eigenvalue weighted by Crippen LogP contribution is -2.46. The molecule has 2 aliphatic rings. The molecule has 10 heteroatoms. The van der Waals surface area contributed by atoms with Gasteiger partial charge in [0.1, 0.15) is 17.2 Å². The average Bonchev–Trinajstić information content (AvgIpc) is 2.85. The molecule has 4 rings (SSSR count). The summed E-state index contributed by atoms with van der Waals surface area (Å²) in [5.41, 5.74) is -0.480. The Morgan fingerprint density at radius 3 is 2.25 bits per heavy atom. The molecule has 2 fully saturated rings. The minimum Gasteiger partial charge on any atom is -0.394 e. The summed E-state index contributed by atoms with van der Waals surface area (Å²) in [6.07, 6.45) is 5.79. The molecule has 0 atom stereocenters. The van der Waals surface area contributed by atoms with Crippen LogP contribution in [0.4, 0.5) is 14.7 Å². The second kappa shape index (κ2) is 11.1. The van der Waals surface area contributed by atoms with Crippen LogP contribution in [-0.4, -0.2) is 59.4 Å². The van der Waals surface area contributed by atoms with Gasteiger partial charge < -0.3 is 24.8 Å². The van der Waals surface area contributed by atoms with Gasteiger partial charge in [-0.25, -0.2) is 18.7 Å². The van der Waals surface area contributed by atoms with Crippen LogP contribution in [0.2, 0.25) is 0 Å². The fourth-order valence-corrected chi connectivity index (χ4v) is 4.62. The highest BCUT2D eigenvalue weighted by Crippen LogP contribution is 2.32. The minimum atomic E-state index is -1.01. The van der Waals surface area contributed by atoms with Crippen molar-refractivity contribution >= 4 is 11.9 Å². The number of nitrogens with zero attached hydrogens (tertiary/aromatic N) is 3. The number of hydrogen-bond acceptors (Lipinski definition) is 7. The molecule has 36 heavy (non-hydrogen) atoms. The van der Waals surface area contributed by atoms with Crippen LogP contribution >= 0.6 is 0 Å². The number of aliphatic hydroxyl groups is 1. The van der Waals surface area contributed by atoms with Gasteiger partial charge in [-0.1, -0.05) is 0 Å². The Kier molecular flexibility index (Phi) is 8.17. The van der Waals surface area contributed by atoms with Crippen LogP contribution in [0, 0.1) is 30.4 Å². The van der Waals surface area contributed by atoms with E-state index in [1.165, 1.54) is 0 Å². The molecule has 0 saturated carbocycles. The van der Waals surface area contributed by atoms with Gasteiger partial charge in [0.05, 0.1) is 25.4 Å². The molecule has 0 radical (unpaired) electrons. The Morgan fingerprint density at radius 2 is 1.69 bits per heavy atom. The van der Waals surface area contributed by atoms with Crippen LogP contribution in [0.15, 0.2) is 24.5 Å². The first kappa shape index (κ1) is 26.4. The number of carbonyl (C=O) groups excluding carboxylic acids is 1. The fraction of sp³-hybridized carbons (Fsp3) is 0.577. The smallest absolute Gasteiger partial charge is 0.257 e. The fourth-order valence-electron chi connectivity index (χ4n) is 4.62. The number of aryl methyl sites for hydroxylation is 1. The third-order valence-electron chi connectivity index (χ3n) is 6.71. The van der Waals surface area contributed by atoms with E-state index in [0.717, 1.165) is 56.0 Å². The van der Waals surface area contributed by atoms with Crippen molar-refractivity contribution in [3.8, 4) is 0 Å². The maximum absolute atomic E-state index is 14.7. The Hall–Kier alpha value is -2.69. The number of amides is 1. The molecule has 0 aliphatic carbocycles. The number of nitrogens with one attached hydrogen (secondary N) is 1. The molecular weight excluding hydrogens is 470 g/mol. The van der Waals surface area contributed by atoms with Gasteiger partial charge in [0.15, 0.2) is 6.29 Å². The van der Waals surface area contributed by atoms with Gasteiger partial charge in [-0.3, -0.25) is 4.79 Å². The summed E-state index contributed by atoms with van der Waals surface area (Å²) < 4.78 is 41.0. The van der Waals surface area contributed by atoms with Gasteiger partial charge in [0, 0.05) is 37.0 Å². The van der Waals surface area contributed by atoms with E-state index >= 15 is 0 Å². The summed E-state index contributed by atoms with van der Waals surface area (Å²) in [6, 6.07) is 2.13. The number of piperidine rings is 1. The van der Waals surface area contributed by atoms with E-state index in [4.69, 9.17) is 9.47 Å². The zero-order valence-electron chi connectivity index (χ0n) is 21.0. The number of anilines is 1. The number of ether oxygens (including phenoxy) is 2. The standard InChI is InChI=1S/C26H34F2N4O4/c1-16-11-29-25(30-12-16)32-6-4-17(5-7-32)8-18-13-35-24(36-14-18)19-9-20(27)22(21(28)10-19)23(34)31-26(2,3)15-33/h9-12,17-18,24,33H,4-8,13-15H2,1-3H3,(H,31,34). The van der Waals surface area contributed by atoms with Crippen LogP contribution in [0.25, 0.3) is 0 Å². The number of aliphatic hydroxyl groups excluding tert-OH is 1. The molecule has 2 saturated heterocycles. The zero-order chi connectivity index (χ0) is 25.9. The van der Waals surface area contributed by atoms with Crippen molar-refractivity contribution in [1.29, 1.82) is 0 Å². The third kappa shape index (κ3) is 6.35. The van der Waals surface area contributed by atoms with Gasteiger partial charge in [0.25, 0.3) is 5.91 Å². The second-order valence-electron chi connectivity index (χ2n) is 10.4. The van der Waals surface area contributed by atoms with Crippen molar-refractivity contribution in [2.45, 2.75) is 51.9 Å². The van der Waals surface area contributed by atoms with Gasteiger partial charge in [-0.05, 0) is 63.6 Å². The highest BCUT2D eigenvalue weighted by Gasteiger charge is 2.31. The van der Waals surface area contributed by atoms with E-state index in [1.54, 1.807) is 13.8 Å². The number of hydrogen-bond donors (Lipinski definition) is 2. The van der Waals surface area contributed by atoms with Gasteiger partial charge >= 0.3 is 0 Å². The molecule has 0 unspecified atom stereocenters. The molecule has 1 aromatic heterocycles. The van der Waals surface area contributed by atoms with E-state index in [2.05, 4.69) is 20.2 Å². The van der Waals surface area contributed by atoms with Crippen LogP contribution in [-0.2, 0) is 9.47 Å². The van der Waals surface area contributed by atoms with Crippen LogP contribution in [0.3, 0.4) is 0 Å². The molecule has 1 amide bonds. The van der Waals surface area contributed by atoms with Crippen LogP contribution in [0.1, 0.15) is 60.9 Å². The number of aromatic nitrogens is 2. The lowest BCUT2D eigenvalue weighted by atomic mass is 9.87. The maximum atomic E-state index is 14.7. The maximum Gasteiger partial charge on any atom is 0.257 e. The number of carbonyl (C=O) groups is 1. The molecule has 0 spiro atoms. The van der Waals surface area contributed by atoms with E-state index in [1.807, 2.05) is 19.3 Å². The van der Waals surface area contributed by atoms with Gasteiger partial charge in [-0.15, -0.1) is 0 Å². The Labute approximate surface area is 210 Å². The van der Waals surface area contributed by atoms with Crippen molar-refractivity contribution in [3.05, 3.63) is 52.9 Å². The predicted molar refractivity (Wildman–Crippen MR) is 129 cm³/mol. The monoisotopic (exact) mass is 504 g/mol.